The van der Waals surface area contributed by atoms with Gasteiger partial charge in [-0.1, -0.05) is 0 Å². The minimum atomic E-state index is -0.236. The zero-order chi connectivity index (χ0) is 11.2. The summed E-state index contributed by atoms with van der Waals surface area (Å²) in [6.07, 6.45) is 0. The van der Waals surface area contributed by atoms with E-state index in [0.717, 1.165) is 38.6 Å². The molecule has 0 saturated carbocycles. The molecule has 1 heterocycles. The lowest BCUT2D eigenvalue weighted by atomic mass is 10.3. The number of morpholine rings is 1. The molecule has 0 radical (unpaired) electrons. The fourth-order valence-electron chi connectivity index (χ4n) is 1.65. The molecule has 0 aliphatic carbocycles. The van der Waals surface area contributed by atoms with E-state index in [0.29, 0.717) is 6.61 Å². The van der Waals surface area contributed by atoms with Crippen LogP contribution in [0.3, 0.4) is 0 Å². The first kappa shape index (κ1) is 11.4. The Labute approximate surface area is 94.8 Å². The van der Waals surface area contributed by atoms with Gasteiger partial charge in [-0.15, -0.1) is 0 Å². The van der Waals surface area contributed by atoms with Gasteiger partial charge in [0.05, 0.1) is 13.2 Å². The van der Waals surface area contributed by atoms with E-state index in [1.165, 1.54) is 12.1 Å². The Balaban J connectivity index is 1.69. The maximum Gasteiger partial charge on any atom is 0.123 e. The second-order valence-corrected chi connectivity index (χ2v) is 3.76. The maximum absolute atomic E-state index is 12.6. The standard InChI is InChI=1S/C12H16FNO2/c13-11-1-3-12(4-2-11)16-10-7-14-5-8-15-9-6-14/h1-4H,5-10H2. The Morgan fingerprint density at radius 2 is 1.88 bits per heavy atom. The van der Waals surface area contributed by atoms with Crippen molar-refractivity contribution in [2.45, 2.75) is 0 Å². The van der Waals surface area contributed by atoms with E-state index < -0.39 is 0 Å². The molecule has 3 nitrogen and oxygen atoms in total. The van der Waals surface area contributed by atoms with Crippen molar-refractivity contribution in [3.05, 3.63) is 30.1 Å². The highest BCUT2D eigenvalue weighted by atomic mass is 19.1. The van der Waals surface area contributed by atoms with Gasteiger partial charge in [0.1, 0.15) is 18.2 Å². The van der Waals surface area contributed by atoms with E-state index in [4.69, 9.17) is 9.47 Å². The first-order valence-electron chi connectivity index (χ1n) is 5.53. The summed E-state index contributed by atoms with van der Waals surface area (Å²) in [6.45, 7) is 5.05. The fourth-order valence-corrected chi connectivity index (χ4v) is 1.65. The molecule has 1 aromatic rings. The molecule has 88 valence electrons. The van der Waals surface area contributed by atoms with Crippen molar-refractivity contribution in [1.29, 1.82) is 0 Å². The molecular formula is C12H16FNO2. The van der Waals surface area contributed by atoms with Gasteiger partial charge in [-0.25, -0.2) is 4.39 Å². The zero-order valence-corrected chi connectivity index (χ0v) is 9.19. The molecule has 1 fully saturated rings. The van der Waals surface area contributed by atoms with Crippen molar-refractivity contribution < 1.29 is 13.9 Å². The van der Waals surface area contributed by atoms with Gasteiger partial charge in [-0.3, -0.25) is 4.90 Å². The Morgan fingerprint density at radius 1 is 1.19 bits per heavy atom. The molecule has 0 aromatic heterocycles. The minimum absolute atomic E-state index is 0.236. The Bertz CT molecular complexity index is 309. The van der Waals surface area contributed by atoms with Crippen molar-refractivity contribution in [3.63, 3.8) is 0 Å². The third kappa shape index (κ3) is 3.47. The maximum atomic E-state index is 12.6. The molecule has 0 bridgehead atoms. The lowest BCUT2D eigenvalue weighted by Crippen LogP contribution is -2.38. The Kier molecular flexibility index (Phi) is 4.13. The highest BCUT2D eigenvalue weighted by Crippen LogP contribution is 2.10. The highest BCUT2D eigenvalue weighted by molar-refractivity contribution is 5.21. The van der Waals surface area contributed by atoms with Crippen molar-refractivity contribution >= 4 is 0 Å². The van der Waals surface area contributed by atoms with Crippen LogP contribution in [0.25, 0.3) is 0 Å². The van der Waals surface area contributed by atoms with Crippen LogP contribution in [-0.2, 0) is 4.74 Å². The van der Waals surface area contributed by atoms with Gasteiger partial charge in [-0.05, 0) is 24.3 Å². The monoisotopic (exact) mass is 225 g/mol. The summed E-state index contributed by atoms with van der Waals surface area (Å²) < 4.78 is 23.4. The van der Waals surface area contributed by atoms with Gasteiger partial charge < -0.3 is 9.47 Å². The van der Waals surface area contributed by atoms with Gasteiger partial charge in [0.25, 0.3) is 0 Å². The third-order valence-corrected chi connectivity index (χ3v) is 2.59. The predicted octanol–water partition coefficient (Wildman–Crippen LogP) is 1.54. The highest BCUT2D eigenvalue weighted by Gasteiger charge is 2.09. The van der Waals surface area contributed by atoms with Gasteiger partial charge in [0, 0.05) is 19.6 Å². The predicted molar refractivity (Wildman–Crippen MR) is 59.2 cm³/mol. The molecule has 1 aliphatic heterocycles. The minimum Gasteiger partial charge on any atom is -0.492 e. The summed E-state index contributed by atoms with van der Waals surface area (Å²) in [4.78, 5) is 2.30. The average molecular weight is 225 g/mol. The molecule has 1 aromatic carbocycles. The van der Waals surface area contributed by atoms with Gasteiger partial charge >= 0.3 is 0 Å². The summed E-state index contributed by atoms with van der Waals surface area (Å²) in [7, 11) is 0. The fraction of sp³-hybridized carbons (Fsp3) is 0.500. The van der Waals surface area contributed by atoms with E-state index in [2.05, 4.69) is 4.90 Å². The Hall–Kier alpha value is -1.13. The average Bonchev–Trinajstić information content (AvgIpc) is 2.33. The van der Waals surface area contributed by atoms with Crippen molar-refractivity contribution in [3.8, 4) is 5.75 Å². The molecule has 0 atom stereocenters. The summed E-state index contributed by atoms with van der Waals surface area (Å²) in [6, 6.07) is 6.11. The normalized spacial score (nSPS) is 17.3. The summed E-state index contributed by atoms with van der Waals surface area (Å²) >= 11 is 0. The largest absolute Gasteiger partial charge is 0.492 e. The summed E-state index contributed by atoms with van der Waals surface area (Å²) in [5.74, 6) is 0.482. The number of rotatable bonds is 4. The molecule has 0 unspecified atom stereocenters. The molecule has 16 heavy (non-hydrogen) atoms. The van der Waals surface area contributed by atoms with Crippen LogP contribution in [0, 0.1) is 5.82 Å². The quantitative estimate of drug-likeness (QED) is 0.775. The number of nitrogens with zero attached hydrogens (tertiary/aromatic N) is 1. The van der Waals surface area contributed by atoms with Crippen LogP contribution in [-0.4, -0.2) is 44.4 Å². The molecule has 2 rings (SSSR count). The van der Waals surface area contributed by atoms with Crippen molar-refractivity contribution in [2.75, 3.05) is 39.5 Å². The first-order chi connectivity index (χ1) is 7.84. The van der Waals surface area contributed by atoms with Crippen LogP contribution < -0.4 is 4.74 Å². The molecule has 1 aliphatic rings. The van der Waals surface area contributed by atoms with Crippen LogP contribution in [0.15, 0.2) is 24.3 Å². The molecule has 0 amide bonds. The third-order valence-electron chi connectivity index (χ3n) is 2.59. The smallest absolute Gasteiger partial charge is 0.123 e. The topological polar surface area (TPSA) is 21.7 Å². The number of hydrogen-bond acceptors (Lipinski definition) is 3. The molecule has 4 heteroatoms. The molecule has 0 N–H and O–H groups in total. The molecule has 1 saturated heterocycles. The van der Waals surface area contributed by atoms with Gasteiger partial charge in [0.15, 0.2) is 0 Å². The van der Waals surface area contributed by atoms with Crippen LogP contribution >= 0.6 is 0 Å². The lowest BCUT2D eigenvalue weighted by Gasteiger charge is -2.26. The van der Waals surface area contributed by atoms with Crippen molar-refractivity contribution in [2.24, 2.45) is 0 Å². The second kappa shape index (κ2) is 5.82. The van der Waals surface area contributed by atoms with Crippen molar-refractivity contribution in [1.82, 2.24) is 4.90 Å². The van der Waals surface area contributed by atoms with E-state index >= 15 is 0 Å². The summed E-state index contributed by atoms with van der Waals surface area (Å²) in [5, 5.41) is 0. The van der Waals surface area contributed by atoms with Crippen LogP contribution in [0.2, 0.25) is 0 Å². The molecular weight excluding hydrogens is 209 g/mol. The van der Waals surface area contributed by atoms with E-state index in [-0.39, 0.29) is 5.82 Å². The lowest BCUT2D eigenvalue weighted by molar-refractivity contribution is 0.0322. The second-order valence-electron chi connectivity index (χ2n) is 3.76. The van der Waals surface area contributed by atoms with Crippen LogP contribution in [0.1, 0.15) is 0 Å². The zero-order valence-electron chi connectivity index (χ0n) is 9.19. The Morgan fingerprint density at radius 3 is 2.56 bits per heavy atom. The number of ether oxygens (including phenoxy) is 2. The van der Waals surface area contributed by atoms with Gasteiger partial charge in [-0.2, -0.15) is 0 Å². The number of hydrogen-bond donors (Lipinski definition) is 0. The SMILES string of the molecule is Fc1ccc(OCCN2CCOCC2)cc1. The van der Waals surface area contributed by atoms with E-state index in [1.54, 1.807) is 12.1 Å². The van der Waals surface area contributed by atoms with E-state index in [9.17, 15) is 4.39 Å². The summed E-state index contributed by atoms with van der Waals surface area (Å²) in [5.41, 5.74) is 0. The first-order valence-corrected chi connectivity index (χ1v) is 5.53. The van der Waals surface area contributed by atoms with Crippen LogP contribution in [0.5, 0.6) is 5.75 Å². The van der Waals surface area contributed by atoms with Crippen LogP contribution in [0.4, 0.5) is 4.39 Å². The number of benzene rings is 1. The number of halogens is 1. The van der Waals surface area contributed by atoms with Gasteiger partial charge in [0.2, 0.25) is 0 Å². The molecule has 0 spiro atoms. The van der Waals surface area contributed by atoms with E-state index in [1.807, 2.05) is 0 Å².